The van der Waals surface area contributed by atoms with Crippen LogP contribution in [-0.2, 0) is 15.8 Å². The number of nitrogens with one attached hydrogen (secondary N) is 1. The second-order valence-corrected chi connectivity index (χ2v) is 8.79. The van der Waals surface area contributed by atoms with Gasteiger partial charge in [-0.3, -0.25) is 4.90 Å². The summed E-state index contributed by atoms with van der Waals surface area (Å²) in [4.78, 5) is 3.52. The van der Waals surface area contributed by atoms with Crippen LogP contribution in [-0.4, -0.2) is 33.0 Å². The van der Waals surface area contributed by atoms with Gasteiger partial charge in [-0.2, -0.15) is 0 Å². The number of hydrogen-bond donors (Lipinski definition) is 1. The number of benzene rings is 1. The van der Waals surface area contributed by atoms with Crippen LogP contribution >= 0.6 is 11.3 Å². The quantitative estimate of drug-likeness (QED) is 0.817. The summed E-state index contributed by atoms with van der Waals surface area (Å²) < 4.78 is 40.4. The number of likely N-dealkylation sites (tertiary alicyclic amines) is 1. The van der Waals surface area contributed by atoms with E-state index in [-0.39, 0.29) is 17.6 Å². The van der Waals surface area contributed by atoms with Crippen molar-refractivity contribution in [2.75, 3.05) is 19.6 Å². The fraction of sp³-hybridized carbons (Fsp3) is 0.412. The largest absolute Gasteiger partial charge is 0.294 e. The van der Waals surface area contributed by atoms with Crippen molar-refractivity contribution < 1.29 is 12.8 Å². The maximum atomic E-state index is 12.9. The minimum Gasteiger partial charge on any atom is -0.294 e. The molecule has 2 heterocycles. The molecular formula is C17H21FN2O2S2. The van der Waals surface area contributed by atoms with E-state index in [9.17, 15) is 12.8 Å². The summed E-state index contributed by atoms with van der Waals surface area (Å²) in [7, 11) is -3.46. The summed E-state index contributed by atoms with van der Waals surface area (Å²) >= 11 is 1.66. The molecule has 0 spiro atoms. The lowest BCUT2D eigenvalue weighted by Gasteiger charge is -2.26. The summed E-state index contributed by atoms with van der Waals surface area (Å²) in [5.41, 5.74) is 0.581. The predicted octanol–water partition coefficient (Wildman–Crippen LogP) is 3.14. The van der Waals surface area contributed by atoms with Crippen LogP contribution in [0.1, 0.15) is 29.3 Å². The third-order valence-electron chi connectivity index (χ3n) is 4.22. The Bertz CT molecular complexity index is 739. The number of hydrogen-bond acceptors (Lipinski definition) is 4. The van der Waals surface area contributed by atoms with Gasteiger partial charge in [-0.05, 0) is 55.1 Å². The number of rotatable bonds is 7. The summed E-state index contributed by atoms with van der Waals surface area (Å²) in [5, 5.41) is 2.02. The first-order valence-electron chi connectivity index (χ1n) is 8.03. The first kappa shape index (κ1) is 17.5. The molecule has 1 N–H and O–H groups in total. The van der Waals surface area contributed by atoms with Crippen molar-refractivity contribution in [3.05, 3.63) is 58.0 Å². The van der Waals surface area contributed by atoms with Gasteiger partial charge < -0.3 is 0 Å². The molecule has 130 valence electrons. The van der Waals surface area contributed by atoms with E-state index < -0.39 is 10.0 Å². The highest BCUT2D eigenvalue weighted by molar-refractivity contribution is 7.88. The van der Waals surface area contributed by atoms with Gasteiger partial charge in [0.15, 0.2) is 0 Å². The molecule has 4 nitrogen and oxygen atoms in total. The van der Waals surface area contributed by atoms with Crippen molar-refractivity contribution in [1.29, 1.82) is 0 Å². The molecule has 1 unspecified atom stereocenters. The van der Waals surface area contributed by atoms with Gasteiger partial charge in [0.1, 0.15) is 5.82 Å². The molecule has 0 bridgehead atoms. The van der Waals surface area contributed by atoms with Gasteiger partial charge in [-0.1, -0.05) is 18.2 Å². The van der Waals surface area contributed by atoms with Gasteiger partial charge in [0.2, 0.25) is 10.0 Å². The first-order chi connectivity index (χ1) is 11.5. The predicted molar refractivity (Wildman–Crippen MR) is 94.9 cm³/mol. The molecule has 1 aromatic carbocycles. The van der Waals surface area contributed by atoms with Crippen molar-refractivity contribution in [2.24, 2.45) is 0 Å². The van der Waals surface area contributed by atoms with Crippen molar-refractivity contribution in [2.45, 2.75) is 24.6 Å². The Labute approximate surface area is 146 Å². The summed E-state index contributed by atoms with van der Waals surface area (Å²) in [5.74, 6) is -0.499. The van der Waals surface area contributed by atoms with Gasteiger partial charge in [0.25, 0.3) is 0 Å². The van der Waals surface area contributed by atoms with Gasteiger partial charge in [0, 0.05) is 11.4 Å². The van der Waals surface area contributed by atoms with Crippen molar-refractivity contribution in [1.82, 2.24) is 9.62 Å². The zero-order valence-electron chi connectivity index (χ0n) is 13.3. The Balaban J connectivity index is 1.65. The van der Waals surface area contributed by atoms with Crippen LogP contribution in [0, 0.1) is 5.82 Å². The van der Waals surface area contributed by atoms with E-state index in [2.05, 4.69) is 15.7 Å². The summed E-state index contributed by atoms with van der Waals surface area (Å²) in [6, 6.07) is 9.71. The zero-order valence-corrected chi connectivity index (χ0v) is 15.0. The molecule has 1 aromatic heterocycles. The molecule has 7 heteroatoms. The molecule has 1 aliphatic rings. The fourth-order valence-corrected chi connectivity index (χ4v) is 5.01. The molecule has 1 saturated heterocycles. The number of nitrogens with zero attached hydrogens (tertiary/aromatic N) is 1. The SMILES string of the molecule is O=S(=O)(Cc1ccc(F)cc1)NCC(c1cccs1)N1CCCC1. The van der Waals surface area contributed by atoms with Crippen LogP contribution in [0.15, 0.2) is 41.8 Å². The van der Waals surface area contributed by atoms with Crippen molar-refractivity contribution in [3.63, 3.8) is 0 Å². The molecule has 3 rings (SSSR count). The lowest BCUT2D eigenvalue weighted by Crippen LogP contribution is -2.36. The minimum absolute atomic E-state index is 0.0792. The molecule has 1 atom stereocenters. The van der Waals surface area contributed by atoms with Crippen LogP contribution < -0.4 is 4.72 Å². The smallest absolute Gasteiger partial charge is 0.215 e. The van der Waals surface area contributed by atoms with Crippen molar-refractivity contribution >= 4 is 21.4 Å². The van der Waals surface area contributed by atoms with Crippen LogP contribution in [0.3, 0.4) is 0 Å². The van der Waals surface area contributed by atoms with E-state index in [0.717, 1.165) is 25.9 Å². The Kier molecular flexibility index (Phi) is 5.65. The lowest BCUT2D eigenvalue weighted by atomic mass is 10.2. The van der Waals surface area contributed by atoms with Crippen LogP contribution in [0.4, 0.5) is 4.39 Å². The normalized spacial score (nSPS) is 17.2. The monoisotopic (exact) mass is 368 g/mol. The highest BCUT2D eigenvalue weighted by atomic mass is 32.2. The Morgan fingerprint density at radius 2 is 1.88 bits per heavy atom. The third-order valence-corrected chi connectivity index (χ3v) is 6.51. The topological polar surface area (TPSA) is 49.4 Å². The number of halogens is 1. The average molecular weight is 368 g/mol. The first-order valence-corrected chi connectivity index (χ1v) is 10.6. The standard InChI is InChI=1S/C17H21FN2O2S2/c18-15-7-5-14(6-8-15)13-24(21,22)19-12-16(17-4-3-11-23-17)20-9-1-2-10-20/h3-8,11,16,19H,1-2,9-10,12-13H2. The molecule has 0 aliphatic carbocycles. The fourth-order valence-electron chi connectivity index (χ4n) is 3.00. The maximum absolute atomic E-state index is 12.9. The van der Waals surface area contributed by atoms with Crippen molar-refractivity contribution in [3.8, 4) is 0 Å². The Hall–Kier alpha value is -1.28. The van der Waals surface area contributed by atoms with E-state index in [0.29, 0.717) is 12.1 Å². The van der Waals surface area contributed by atoms with Crippen LogP contribution in [0.5, 0.6) is 0 Å². The minimum atomic E-state index is -3.46. The molecule has 24 heavy (non-hydrogen) atoms. The summed E-state index contributed by atoms with van der Waals surface area (Å²) in [6.45, 7) is 2.37. The van der Waals surface area contributed by atoms with Gasteiger partial charge in [-0.15, -0.1) is 11.3 Å². The Morgan fingerprint density at radius 1 is 1.17 bits per heavy atom. The van der Waals surface area contributed by atoms with Crippen LogP contribution in [0.2, 0.25) is 0 Å². The lowest BCUT2D eigenvalue weighted by molar-refractivity contribution is 0.250. The summed E-state index contributed by atoms with van der Waals surface area (Å²) in [6.07, 6.45) is 2.31. The highest BCUT2D eigenvalue weighted by Crippen LogP contribution is 2.28. The Morgan fingerprint density at radius 3 is 2.50 bits per heavy atom. The van der Waals surface area contributed by atoms with E-state index >= 15 is 0 Å². The van der Waals surface area contributed by atoms with E-state index in [1.54, 1.807) is 11.3 Å². The molecule has 0 amide bonds. The second kappa shape index (κ2) is 7.74. The molecule has 0 radical (unpaired) electrons. The molecule has 1 aliphatic heterocycles. The van der Waals surface area contributed by atoms with E-state index in [1.807, 2.05) is 11.4 Å². The average Bonchev–Trinajstić information content (AvgIpc) is 3.23. The van der Waals surface area contributed by atoms with E-state index in [1.165, 1.54) is 29.1 Å². The highest BCUT2D eigenvalue weighted by Gasteiger charge is 2.25. The molecular weight excluding hydrogens is 347 g/mol. The van der Waals surface area contributed by atoms with E-state index in [4.69, 9.17) is 0 Å². The zero-order chi connectivity index (χ0) is 17.0. The molecule has 2 aromatic rings. The number of thiophene rings is 1. The molecule has 1 fully saturated rings. The second-order valence-electron chi connectivity index (χ2n) is 6.01. The van der Waals surface area contributed by atoms with Gasteiger partial charge in [0.05, 0.1) is 11.8 Å². The van der Waals surface area contributed by atoms with Gasteiger partial charge in [-0.25, -0.2) is 17.5 Å². The number of sulfonamides is 1. The van der Waals surface area contributed by atoms with Crippen LogP contribution in [0.25, 0.3) is 0 Å². The third kappa shape index (κ3) is 4.63. The van der Waals surface area contributed by atoms with Gasteiger partial charge >= 0.3 is 0 Å². The molecule has 0 saturated carbocycles. The maximum Gasteiger partial charge on any atom is 0.215 e.